The van der Waals surface area contributed by atoms with Crippen LogP contribution in [-0.4, -0.2) is 31.1 Å². The van der Waals surface area contributed by atoms with Gasteiger partial charge in [0.2, 0.25) is 5.91 Å². The van der Waals surface area contributed by atoms with Crippen molar-refractivity contribution in [1.29, 1.82) is 0 Å². The van der Waals surface area contributed by atoms with Crippen molar-refractivity contribution < 1.29 is 19.1 Å². The molecule has 0 spiro atoms. The Balaban J connectivity index is 2.17. The Hall–Kier alpha value is -3.02. The fourth-order valence-corrected chi connectivity index (χ4v) is 2.75. The lowest BCUT2D eigenvalue weighted by Gasteiger charge is -2.23. The average molecular weight is 384 g/mol. The maximum absolute atomic E-state index is 12.9. The molecule has 0 bridgehead atoms. The summed E-state index contributed by atoms with van der Waals surface area (Å²) in [6.45, 7) is 8.44. The Labute approximate surface area is 166 Å². The van der Waals surface area contributed by atoms with E-state index in [1.54, 1.807) is 36.4 Å². The Kier molecular flexibility index (Phi) is 7.87. The van der Waals surface area contributed by atoms with Crippen LogP contribution in [-0.2, 0) is 4.79 Å². The lowest BCUT2D eigenvalue weighted by molar-refractivity contribution is -0.118. The van der Waals surface area contributed by atoms with Crippen LogP contribution >= 0.6 is 0 Å². The minimum absolute atomic E-state index is 0.109. The van der Waals surface area contributed by atoms with E-state index >= 15 is 0 Å². The molecule has 0 saturated heterocycles. The van der Waals surface area contributed by atoms with Gasteiger partial charge in [-0.2, -0.15) is 0 Å². The lowest BCUT2D eigenvalue weighted by atomic mass is 10.0. The van der Waals surface area contributed by atoms with Crippen molar-refractivity contribution in [2.45, 2.75) is 33.7 Å². The van der Waals surface area contributed by atoms with Crippen molar-refractivity contribution >= 4 is 17.5 Å². The quantitative estimate of drug-likeness (QED) is 0.688. The minimum Gasteiger partial charge on any atom is -0.493 e. The van der Waals surface area contributed by atoms with Gasteiger partial charge in [0.15, 0.2) is 0 Å². The van der Waals surface area contributed by atoms with Crippen LogP contribution in [0.5, 0.6) is 11.5 Å². The summed E-state index contributed by atoms with van der Waals surface area (Å²) in [5, 5.41) is 5.69. The summed E-state index contributed by atoms with van der Waals surface area (Å²) in [6, 6.07) is 13.5. The van der Waals surface area contributed by atoms with Gasteiger partial charge in [0.1, 0.15) is 17.5 Å². The highest BCUT2D eigenvalue weighted by atomic mass is 16.5. The molecule has 0 radical (unpaired) electrons. The summed E-state index contributed by atoms with van der Waals surface area (Å²) in [7, 11) is 0. The fourth-order valence-electron chi connectivity index (χ4n) is 2.75. The van der Waals surface area contributed by atoms with Crippen LogP contribution in [0.3, 0.4) is 0 Å². The number of amides is 2. The topological polar surface area (TPSA) is 76.7 Å². The van der Waals surface area contributed by atoms with Crippen LogP contribution in [0.25, 0.3) is 0 Å². The number of anilines is 1. The number of hydrogen-bond donors (Lipinski definition) is 2. The second-order valence-corrected chi connectivity index (χ2v) is 6.54. The van der Waals surface area contributed by atoms with Gasteiger partial charge in [-0.15, -0.1) is 0 Å². The number of benzene rings is 2. The van der Waals surface area contributed by atoms with E-state index in [-0.39, 0.29) is 17.7 Å². The zero-order valence-electron chi connectivity index (χ0n) is 16.8. The Morgan fingerprint density at radius 3 is 2.11 bits per heavy atom. The summed E-state index contributed by atoms with van der Waals surface area (Å²) in [6.07, 6.45) is 0. The normalized spacial score (nSPS) is 11.6. The molecular weight excluding hydrogens is 356 g/mol. The molecule has 28 heavy (non-hydrogen) atoms. The SMILES string of the molecule is CCOc1ccccc1NC(=O)[C@@H](NC(=O)c1ccccc1OCC)C(C)C. The molecule has 6 nitrogen and oxygen atoms in total. The molecule has 0 saturated carbocycles. The van der Waals surface area contributed by atoms with Crippen LogP contribution < -0.4 is 20.1 Å². The molecule has 150 valence electrons. The molecule has 0 aliphatic rings. The predicted molar refractivity (Wildman–Crippen MR) is 110 cm³/mol. The first-order chi connectivity index (χ1) is 13.5. The predicted octanol–water partition coefficient (Wildman–Crippen LogP) is 3.88. The van der Waals surface area contributed by atoms with Crippen molar-refractivity contribution in [1.82, 2.24) is 5.32 Å². The standard InChI is InChI=1S/C22H28N2O4/c1-5-27-18-13-9-7-11-16(18)21(25)24-20(15(3)4)22(26)23-17-12-8-10-14-19(17)28-6-2/h7-15,20H,5-6H2,1-4H3,(H,23,26)(H,24,25)/t20-/m0/s1. The van der Waals surface area contributed by atoms with Crippen molar-refractivity contribution in [3.8, 4) is 11.5 Å². The summed E-state index contributed by atoms with van der Waals surface area (Å²) in [4.78, 5) is 25.7. The van der Waals surface area contributed by atoms with Gasteiger partial charge in [-0.1, -0.05) is 38.1 Å². The number of nitrogens with one attached hydrogen (secondary N) is 2. The second kappa shape index (κ2) is 10.3. The van der Waals surface area contributed by atoms with Crippen molar-refractivity contribution in [3.05, 3.63) is 54.1 Å². The molecule has 2 rings (SSSR count). The molecule has 2 aromatic carbocycles. The maximum Gasteiger partial charge on any atom is 0.255 e. The third kappa shape index (κ3) is 5.49. The molecule has 0 aromatic heterocycles. The van der Waals surface area contributed by atoms with E-state index in [9.17, 15) is 9.59 Å². The Bertz CT molecular complexity index is 805. The minimum atomic E-state index is -0.711. The molecule has 0 aliphatic heterocycles. The van der Waals surface area contributed by atoms with Gasteiger partial charge < -0.3 is 20.1 Å². The van der Waals surface area contributed by atoms with Gasteiger partial charge >= 0.3 is 0 Å². The molecule has 6 heteroatoms. The van der Waals surface area contributed by atoms with E-state index in [0.29, 0.717) is 36.0 Å². The van der Waals surface area contributed by atoms with Gasteiger partial charge in [-0.05, 0) is 44.0 Å². The monoisotopic (exact) mass is 384 g/mol. The Morgan fingerprint density at radius 2 is 1.46 bits per heavy atom. The highest BCUT2D eigenvalue weighted by Gasteiger charge is 2.26. The van der Waals surface area contributed by atoms with E-state index < -0.39 is 6.04 Å². The van der Waals surface area contributed by atoms with Crippen LogP contribution in [0.1, 0.15) is 38.1 Å². The highest BCUT2D eigenvalue weighted by Crippen LogP contribution is 2.24. The summed E-state index contributed by atoms with van der Waals surface area (Å²) in [5.41, 5.74) is 0.974. The smallest absolute Gasteiger partial charge is 0.255 e. The largest absolute Gasteiger partial charge is 0.493 e. The molecule has 2 amide bonds. The van der Waals surface area contributed by atoms with E-state index in [4.69, 9.17) is 9.47 Å². The molecular formula is C22H28N2O4. The first kappa shape index (κ1) is 21.3. The summed E-state index contributed by atoms with van der Waals surface area (Å²) in [5.74, 6) is 0.323. The third-order valence-electron chi connectivity index (χ3n) is 4.11. The van der Waals surface area contributed by atoms with Crippen LogP contribution in [0, 0.1) is 5.92 Å². The number of ether oxygens (including phenoxy) is 2. The number of carbonyl (C=O) groups excluding carboxylic acids is 2. The van der Waals surface area contributed by atoms with Crippen LogP contribution in [0.2, 0.25) is 0 Å². The van der Waals surface area contributed by atoms with Crippen LogP contribution in [0.15, 0.2) is 48.5 Å². The first-order valence-corrected chi connectivity index (χ1v) is 9.53. The average Bonchev–Trinajstić information content (AvgIpc) is 2.68. The van der Waals surface area contributed by atoms with E-state index in [2.05, 4.69) is 10.6 Å². The van der Waals surface area contributed by atoms with Gasteiger partial charge in [0.25, 0.3) is 5.91 Å². The maximum atomic E-state index is 12.9. The molecule has 0 unspecified atom stereocenters. The fraction of sp³-hybridized carbons (Fsp3) is 0.364. The zero-order chi connectivity index (χ0) is 20.5. The number of hydrogen-bond acceptors (Lipinski definition) is 4. The number of rotatable bonds is 9. The van der Waals surface area contributed by atoms with Gasteiger partial charge in [-0.3, -0.25) is 9.59 Å². The van der Waals surface area contributed by atoms with Crippen LogP contribution in [0.4, 0.5) is 5.69 Å². The molecule has 0 fully saturated rings. The number of para-hydroxylation sites is 3. The summed E-state index contributed by atoms with van der Waals surface area (Å²) >= 11 is 0. The van der Waals surface area contributed by atoms with Gasteiger partial charge in [0, 0.05) is 0 Å². The van der Waals surface area contributed by atoms with Gasteiger partial charge in [-0.25, -0.2) is 0 Å². The zero-order valence-corrected chi connectivity index (χ0v) is 16.8. The molecule has 2 aromatic rings. The third-order valence-corrected chi connectivity index (χ3v) is 4.11. The van der Waals surface area contributed by atoms with Crippen molar-refractivity contribution in [2.24, 2.45) is 5.92 Å². The lowest BCUT2D eigenvalue weighted by Crippen LogP contribution is -2.47. The van der Waals surface area contributed by atoms with Crippen molar-refractivity contribution in [2.75, 3.05) is 18.5 Å². The van der Waals surface area contributed by atoms with E-state index in [0.717, 1.165) is 0 Å². The first-order valence-electron chi connectivity index (χ1n) is 9.53. The molecule has 1 atom stereocenters. The van der Waals surface area contributed by atoms with Gasteiger partial charge in [0.05, 0.1) is 24.5 Å². The Morgan fingerprint density at radius 1 is 0.893 bits per heavy atom. The molecule has 0 aliphatic carbocycles. The van der Waals surface area contributed by atoms with E-state index in [1.807, 2.05) is 39.8 Å². The summed E-state index contributed by atoms with van der Waals surface area (Å²) < 4.78 is 11.1. The second-order valence-electron chi connectivity index (χ2n) is 6.54. The molecule has 2 N–H and O–H groups in total. The van der Waals surface area contributed by atoms with Crippen molar-refractivity contribution in [3.63, 3.8) is 0 Å². The molecule has 0 heterocycles. The van der Waals surface area contributed by atoms with E-state index in [1.165, 1.54) is 0 Å². The number of carbonyl (C=O) groups is 2. The highest BCUT2D eigenvalue weighted by molar-refractivity contribution is 6.03.